The largest absolute Gasteiger partial charge is 0.383 e. The number of ketones is 1. The first-order chi connectivity index (χ1) is 10.4. The number of unbranched alkanes of at least 4 members (excludes halogenated alkanes) is 1. The van der Waals surface area contributed by atoms with E-state index in [1.807, 2.05) is 0 Å². The van der Waals surface area contributed by atoms with E-state index in [9.17, 15) is 24.3 Å². The quantitative estimate of drug-likeness (QED) is 0.251. The van der Waals surface area contributed by atoms with Crippen molar-refractivity contribution in [1.82, 2.24) is 10.4 Å². The number of hydroxylamine groups is 2. The minimum absolute atomic E-state index is 0.226. The molecule has 0 aromatic heterocycles. The summed E-state index contributed by atoms with van der Waals surface area (Å²) < 4.78 is 0. The van der Waals surface area contributed by atoms with E-state index in [0.29, 0.717) is 6.42 Å². The normalized spacial score (nSPS) is 19.2. The summed E-state index contributed by atoms with van der Waals surface area (Å²) in [5.74, 6) is -4.46. The van der Waals surface area contributed by atoms with Crippen LogP contribution in [0.3, 0.4) is 0 Å². The molecular weight excluding hydrogens is 292 g/mol. The smallest absolute Gasteiger partial charge is 0.343 e. The van der Waals surface area contributed by atoms with E-state index in [1.54, 1.807) is 7.05 Å². The number of aliphatic hydroxyl groups excluding tert-OH is 1. The molecule has 122 valence electrons. The van der Waals surface area contributed by atoms with Gasteiger partial charge in [-0.3, -0.25) is 14.4 Å². The van der Waals surface area contributed by atoms with Gasteiger partial charge < -0.3 is 15.3 Å². The molecule has 0 aliphatic carbocycles. The molecule has 1 aliphatic rings. The molecule has 1 rings (SSSR count). The van der Waals surface area contributed by atoms with Gasteiger partial charge in [-0.05, 0) is 32.5 Å². The van der Waals surface area contributed by atoms with Crippen molar-refractivity contribution in [3.8, 4) is 0 Å². The molecule has 2 amide bonds. The van der Waals surface area contributed by atoms with Gasteiger partial charge in [0, 0.05) is 0 Å². The molecular formula is C14H20N2O6. The van der Waals surface area contributed by atoms with Gasteiger partial charge in [0.15, 0.2) is 5.78 Å². The van der Waals surface area contributed by atoms with Gasteiger partial charge in [-0.25, -0.2) is 4.79 Å². The summed E-state index contributed by atoms with van der Waals surface area (Å²) in [5, 5.41) is 12.4. The number of carbonyl (C=O) groups excluding carboxylic acids is 4. The van der Waals surface area contributed by atoms with Crippen LogP contribution in [0.1, 0.15) is 25.7 Å². The Balaban J connectivity index is 2.67. The van der Waals surface area contributed by atoms with Crippen LogP contribution in [-0.4, -0.2) is 53.4 Å². The minimum atomic E-state index is -1.51. The van der Waals surface area contributed by atoms with Crippen molar-refractivity contribution in [1.29, 1.82) is 0 Å². The molecule has 0 aromatic carbocycles. The van der Waals surface area contributed by atoms with E-state index >= 15 is 0 Å². The Hall–Kier alpha value is -2.06. The molecule has 0 bridgehead atoms. The molecule has 22 heavy (non-hydrogen) atoms. The summed E-state index contributed by atoms with van der Waals surface area (Å²) in [6.45, 7) is 4.06. The number of nitrogens with one attached hydrogen (secondary N) is 1. The number of carbonyl (C=O) groups is 4. The first kappa shape index (κ1) is 18.0. The first-order valence-electron chi connectivity index (χ1n) is 7.00. The standard InChI is InChI=1S/C14H20N2O6/c1-3-10(17)9(6-4-5-7-15-2)14(21)22-16-12(19)8-11(18)13(16)20/h3,9,11,15,18H,1,4-8H2,2H3. The van der Waals surface area contributed by atoms with Crippen molar-refractivity contribution >= 4 is 23.6 Å². The van der Waals surface area contributed by atoms with E-state index in [2.05, 4.69) is 11.9 Å². The highest BCUT2D eigenvalue weighted by Crippen LogP contribution is 2.18. The maximum Gasteiger partial charge on any atom is 0.343 e. The van der Waals surface area contributed by atoms with Crippen LogP contribution >= 0.6 is 0 Å². The SMILES string of the molecule is C=CC(=O)C(CCCCNC)C(=O)ON1C(=O)CC(O)C1=O. The van der Waals surface area contributed by atoms with Gasteiger partial charge in [0.25, 0.3) is 11.8 Å². The number of nitrogens with zero attached hydrogens (tertiary/aromatic N) is 1. The predicted octanol–water partition coefficient (Wildman–Crippen LogP) is -0.675. The van der Waals surface area contributed by atoms with Gasteiger partial charge in [0.05, 0.1) is 6.42 Å². The fraction of sp³-hybridized carbons (Fsp3) is 0.571. The highest BCUT2D eigenvalue weighted by atomic mass is 16.7. The van der Waals surface area contributed by atoms with Gasteiger partial charge in [0.1, 0.15) is 12.0 Å². The Labute approximate surface area is 128 Å². The maximum absolute atomic E-state index is 12.0. The number of allylic oxidation sites excluding steroid dienone is 1. The molecule has 0 aromatic rings. The average Bonchev–Trinajstić information content (AvgIpc) is 2.73. The second-order valence-electron chi connectivity index (χ2n) is 4.92. The topological polar surface area (TPSA) is 113 Å². The Morgan fingerprint density at radius 3 is 2.68 bits per heavy atom. The molecule has 1 fully saturated rings. The highest BCUT2D eigenvalue weighted by Gasteiger charge is 2.42. The summed E-state index contributed by atoms with van der Waals surface area (Å²) in [4.78, 5) is 51.4. The predicted molar refractivity (Wildman–Crippen MR) is 75.0 cm³/mol. The monoisotopic (exact) mass is 312 g/mol. The average molecular weight is 312 g/mol. The van der Waals surface area contributed by atoms with Crippen LogP contribution in [0.15, 0.2) is 12.7 Å². The summed E-state index contributed by atoms with van der Waals surface area (Å²) in [7, 11) is 1.79. The molecule has 8 nitrogen and oxygen atoms in total. The molecule has 1 saturated heterocycles. The molecule has 2 atom stereocenters. The lowest BCUT2D eigenvalue weighted by Crippen LogP contribution is -2.38. The maximum atomic E-state index is 12.0. The van der Waals surface area contributed by atoms with Crippen LogP contribution in [0.4, 0.5) is 0 Å². The van der Waals surface area contributed by atoms with Gasteiger partial charge in [0.2, 0.25) is 0 Å². The third kappa shape index (κ3) is 4.47. The van der Waals surface area contributed by atoms with Gasteiger partial charge in [-0.15, -0.1) is 0 Å². The molecule has 0 radical (unpaired) electrons. The van der Waals surface area contributed by atoms with Crippen LogP contribution in [0.25, 0.3) is 0 Å². The van der Waals surface area contributed by atoms with E-state index in [-0.39, 0.29) is 11.5 Å². The Bertz CT molecular complexity index is 476. The second kappa shape index (κ2) is 8.40. The Kier molecular flexibility index (Phi) is 6.87. The van der Waals surface area contributed by atoms with Crippen molar-refractivity contribution in [3.05, 3.63) is 12.7 Å². The molecule has 0 spiro atoms. The summed E-state index contributed by atoms with van der Waals surface area (Å²) in [6.07, 6.45) is 0.630. The number of imide groups is 1. The summed E-state index contributed by atoms with van der Waals surface area (Å²) in [6, 6.07) is 0. The van der Waals surface area contributed by atoms with E-state index in [0.717, 1.165) is 19.0 Å². The molecule has 8 heteroatoms. The summed E-state index contributed by atoms with van der Waals surface area (Å²) in [5.41, 5.74) is 0. The zero-order chi connectivity index (χ0) is 16.7. The minimum Gasteiger partial charge on any atom is -0.383 e. The lowest BCUT2D eigenvalue weighted by molar-refractivity contribution is -0.202. The second-order valence-corrected chi connectivity index (χ2v) is 4.92. The van der Waals surface area contributed by atoms with Crippen molar-refractivity contribution in [3.63, 3.8) is 0 Å². The van der Waals surface area contributed by atoms with Crippen molar-refractivity contribution in [2.24, 2.45) is 5.92 Å². The molecule has 1 heterocycles. The van der Waals surface area contributed by atoms with Crippen molar-refractivity contribution < 1.29 is 29.1 Å². The van der Waals surface area contributed by atoms with E-state index in [1.165, 1.54) is 0 Å². The van der Waals surface area contributed by atoms with E-state index in [4.69, 9.17) is 4.84 Å². The fourth-order valence-electron chi connectivity index (χ4n) is 2.01. The highest BCUT2D eigenvalue weighted by molar-refractivity contribution is 6.07. The lowest BCUT2D eigenvalue weighted by atomic mass is 9.97. The molecule has 2 N–H and O–H groups in total. The fourth-order valence-corrected chi connectivity index (χ4v) is 2.01. The Morgan fingerprint density at radius 1 is 1.50 bits per heavy atom. The third-order valence-corrected chi connectivity index (χ3v) is 3.26. The van der Waals surface area contributed by atoms with Crippen molar-refractivity contribution in [2.75, 3.05) is 13.6 Å². The van der Waals surface area contributed by atoms with Crippen LogP contribution < -0.4 is 5.32 Å². The molecule has 0 saturated carbocycles. The number of amides is 2. The zero-order valence-corrected chi connectivity index (χ0v) is 12.4. The van der Waals surface area contributed by atoms with Crippen LogP contribution in [0, 0.1) is 5.92 Å². The number of rotatable bonds is 9. The number of aliphatic hydroxyl groups is 1. The molecule has 2 unspecified atom stereocenters. The first-order valence-corrected chi connectivity index (χ1v) is 7.00. The van der Waals surface area contributed by atoms with Gasteiger partial charge in [-0.1, -0.05) is 18.1 Å². The number of hydrogen-bond acceptors (Lipinski definition) is 7. The Morgan fingerprint density at radius 2 is 2.18 bits per heavy atom. The molecule has 1 aliphatic heterocycles. The van der Waals surface area contributed by atoms with Gasteiger partial charge >= 0.3 is 5.97 Å². The summed E-state index contributed by atoms with van der Waals surface area (Å²) >= 11 is 0. The van der Waals surface area contributed by atoms with Crippen molar-refractivity contribution in [2.45, 2.75) is 31.8 Å². The van der Waals surface area contributed by atoms with E-state index < -0.39 is 42.0 Å². The third-order valence-electron chi connectivity index (χ3n) is 3.26. The number of hydrogen-bond donors (Lipinski definition) is 2. The van der Waals surface area contributed by atoms with Crippen LogP contribution in [0.5, 0.6) is 0 Å². The zero-order valence-electron chi connectivity index (χ0n) is 12.4. The lowest BCUT2D eigenvalue weighted by Gasteiger charge is -2.17. The van der Waals surface area contributed by atoms with Gasteiger partial charge in [-0.2, -0.15) is 0 Å². The van der Waals surface area contributed by atoms with Crippen LogP contribution in [0.2, 0.25) is 0 Å². The van der Waals surface area contributed by atoms with Crippen LogP contribution in [-0.2, 0) is 24.0 Å².